The zero-order valence-electron chi connectivity index (χ0n) is 17.5. The van der Waals surface area contributed by atoms with E-state index < -0.39 is 0 Å². The predicted molar refractivity (Wildman–Crippen MR) is 120 cm³/mol. The second-order valence-corrected chi connectivity index (χ2v) is 8.75. The highest BCUT2D eigenvalue weighted by molar-refractivity contribution is 6.29. The molecule has 0 unspecified atom stereocenters. The molecule has 0 bridgehead atoms. The quantitative estimate of drug-likeness (QED) is 0.544. The van der Waals surface area contributed by atoms with Gasteiger partial charge in [-0.3, -0.25) is 9.69 Å². The molecule has 0 spiro atoms. The molecule has 2 saturated heterocycles. The van der Waals surface area contributed by atoms with Crippen molar-refractivity contribution in [3.05, 3.63) is 47.0 Å². The van der Waals surface area contributed by atoms with E-state index >= 15 is 0 Å². The van der Waals surface area contributed by atoms with Crippen LogP contribution in [0, 0.1) is 17.2 Å². The number of nitrogens with one attached hydrogen (secondary N) is 1. The molecule has 4 rings (SSSR count). The van der Waals surface area contributed by atoms with Crippen LogP contribution >= 0.6 is 11.6 Å². The molecular weight excluding hydrogens is 414 g/mol. The summed E-state index contributed by atoms with van der Waals surface area (Å²) in [7, 11) is 0. The number of likely N-dealkylation sites (tertiary alicyclic amines) is 2. The van der Waals surface area contributed by atoms with Crippen molar-refractivity contribution in [3.63, 3.8) is 0 Å². The van der Waals surface area contributed by atoms with Crippen LogP contribution in [0.2, 0.25) is 5.15 Å². The average Bonchev–Trinajstić information content (AvgIpc) is 2.80. The summed E-state index contributed by atoms with van der Waals surface area (Å²) in [6.07, 6.45) is 6.87. The van der Waals surface area contributed by atoms with Gasteiger partial charge in [0, 0.05) is 49.4 Å². The van der Waals surface area contributed by atoms with E-state index in [4.69, 9.17) is 22.7 Å². The van der Waals surface area contributed by atoms with Gasteiger partial charge < -0.3 is 16.0 Å². The Hall–Kier alpha value is -2.58. The van der Waals surface area contributed by atoms with Gasteiger partial charge in [0.15, 0.2) is 0 Å². The summed E-state index contributed by atoms with van der Waals surface area (Å²) >= 11 is 5.97. The molecule has 164 valence electrons. The maximum atomic E-state index is 13.0. The molecule has 2 aliphatic heterocycles. The summed E-state index contributed by atoms with van der Waals surface area (Å²) in [4.78, 5) is 29.7. The molecule has 31 heavy (non-hydrogen) atoms. The third kappa shape index (κ3) is 5.37. The second-order valence-electron chi connectivity index (χ2n) is 8.36. The molecule has 0 atom stereocenters. The molecule has 2 aliphatic rings. The first kappa shape index (κ1) is 21.6. The summed E-state index contributed by atoms with van der Waals surface area (Å²) in [5.41, 5.74) is 7.74. The Kier molecular flexibility index (Phi) is 6.77. The van der Waals surface area contributed by atoms with E-state index in [-0.39, 0.29) is 23.7 Å². The smallest absolute Gasteiger partial charge is 0.225 e. The Morgan fingerprint density at radius 1 is 1.06 bits per heavy atom. The third-order valence-corrected chi connectivity index (χ3v) is 6.48. The van der Waals surface area contributed by atoms with Crippen molar-refractivity contribution in [1.82, 2.24) is 24.8 Å². The molecule has 0 aromatic carbocycles. The minimum absolute atomic E-state index is 0.0875. The fourth-order valence-corrected chi connectivity index (χ4v) is 4.62. The first-order valence-corrected chi connectivity index (χ1v) is 11.2. The molecule has 2 aromatic heterocycles. The summed E-state index contributed by atoms with van der Waals surface area (Å²) < 4.78 is 0. The number of hydrogen-bond donors (Lipinski definition) is 2. The lowest BCUT2D eigenvalue weighted by Gasteiger charge is -2.37. The summed E-state index contributed by atoms with van der Waals surface area (Å²) in [6.45, 7) is 3.97. The van der Waals surface area contributed by atoms with Gasteiger partial charge in [-0.2, -0.15) is 0 Å². The predicted octanol–water partition coefficient (Wildman–Crippen LogP) is 2.63. The fourth-order valence-electron chi connectivity index (χ4n) is 4.46. The number of rotatable bonds is 5. The highest BCUT2D eigenvalue weighted by Gasteiger charge is 2.32. The minimum atomic E-state index is 0.0875. The van der Waals surface area contributed by atoms with E-state index in [2.05, 4.69) is 19.9 Å². The molecule has 0 saturated carbocycles. The fraction of sp³-hybridized carbons (Fsp3) is 0.500. The van der Waals surface area contributed by atoms with Crippen molar-refractivity contribution >= 4 is 29.2 Å². The summed E-state index contributed by atoms with van der Waals surface area (Å²) in [6, 6.07) is 5.37. The van der Waals surface area contributed by atoms with Crippen molar-refractivity contribution in [2.75, 3.05) is 31.9 Å². The topological polar surface area (TPSA) is 112 Å². The number of anilines is 1. The first-order valence-electron chi connectivity index (χ1n) is 10.8. The van der Waals surface area contributed by atoms with Crippen molar-refractivity contribution < 1.29 is 4.79 Å². The van der Waals surface area contributed by atoms with Crippen LogP contribution in [0.15, 0.2) is 30.6 Å². The van der Waals surface area contributed by atoms with E-state index in [0.717, 1.165) is 50.9 Å². The van der Waals surface area contributed by atoms with Crippen LogP contribution in [0.4, 0.5) is 5.95 Å². The van der Waals surface area contributed by atoms with Crippen LogP contribution < -0.4 is 5.73 Å². The van der Waals surface area contributed by atoms with Gasteiger partial charge in [-0.05, 0) is 50.9 Å². The number of amides is 1. The zero-order valence-corrected chi connectivity index (χ0v) is 18.3. The number of nitrogens with two attached hydrogens (primary N) is 1. The molecule has 4 heterocycles. The summed E-state index contributed by atoms with van der Waals surface area (Å²) in [5, 5.41) is 8.88. The Labute approximate surface area is 187 Å². The van der Waals surface area contributed by atoms with Crippen molar-refractivity contribution in [2.45, 2.75) is 32.2 Å². The van der Waals surface area contributed by atoms with E-state index in [1.165, 1.54) is 0 Å². The molecule has 0 aliphatic carbocycles. The Balaban J connectivity index is 1.24. The van der Waals surface area contributed by atoms with Gasteiger partial charge in [-0.1, -0.05) is 17.7 Å². The van der Waals surface area contributed by atoms with Crippen LogP contribution in [0.3, 0.4) is 0 Å². The number of halogens is 1. The van der Waals surface area contributed by atoms with Gasteiger partial charge >= 0.3 is 0 Å². The van der Waals surface area contributed by atoms with Crippen LogP contribution in [0.5, 0.6) is 0 Å². The van der Waals surface area contributed by atoms with Crippen molar-refractivity contribution in [2.24, 2.45) is 11.8 Å². The van der Waals surface area contributed by atoms with Gasteiger partial charge in [-0.25, -0.2) is 15.0 Å². The SMILES string of the molecule is N=C(c1cccc(Cl)n1)C1CCN(C(=O)C2CCN(Cc3cnc(N)nc3)CC2)CC1. The number of piperidine rings is 2. The van der Waals surface area contributed by atoms with Crippen LogP contribution in [-0.2, 0) is 11.3 Å². The molecule has 3 N–H and O–H groups in total. The standard InChI is InChI=1S/C22H28ClN7O/c23-19-3-1-2-18(28-19)20(24)16-6-10-30(11-7-16)21(31)17-4-8-29(9-5-17)14-15-12-26-22(25)27-13-15/h1-3,12-13,16-17,24H,4-11,14H2,(H2,25,26,27). The van der Waals surface area contributed by atoms with Gasteiger partial charge in [0.1, 0.15) is 5.15 Å². The largest absolute Gasteiger partial charge is 0.368 e. The Morgan fingerprint density at radius 2 is 1.71 bits per heavy atom. The Morgan fingerprint density at radius 3 is 2.35 bits per heavy atom. The lowest BCUT2D eigenvalue weighted by atomic mass is 9.88. The van der Waals surface area contributed by atoms with Crippen LogP contribution in [0.1, 0.15) is 36.9 Å². The number of nitrogen functional groups attached to an aromatic ring is 1. The number of carbonyl (C=O) groups is 1. The van der Waals surface area contributed by atoms with Crippen molar-refractivity contribution in [1.29, 1.82) is 5.41 Å². The number of carbonyl (C=O) groups excluding carboxylic acids is 1. The van der Waals surface area contributed by atoms with E-state index in [9.17, 15) is 4.79 Å². The molecule has 1 amide bonds. The van der Waals surface area contributed by atoms with Crippen molar-refractivity contribution in [3.8, 4) is 0 Å². The number of nitrogens with zero attached hydrogens (tertiary/aromatic N) is 5. The second kappa shape index (κ2) is 9.70. The number of aromatic nitrogens is 3. The zero-order chi connectivity index (χ0) is 21.8. The molecule has 9 heteroatoms. The van der Waals surface area contributed by atoms with Crippen LogP contribution in [0.25, 0.3) is 0 Å². The van der Waals surface area contributed by atoms with Gasteiger partial charge in [-0.15, -0.1) is 0 Å². The first-order chi connectivity index (χ1) is 15.0. The minimum Gasteiger partial charge on any atom is -0.368 e. The normalized spacial score (nSPS) is 18.8. The highest BCUT2D eigenvalue weighted by Crippen LogP contribution is 2.26. The van der Waals surface area contributed by atoms with E-state index in [0.29, 0.717) is 29.6 Å². The maximum absolute atomic E-state index is 13.0. The monoisotopic (exact) mass is 441 g/mol. The van der Waals surface area contributed by atoms with E-state index in [1.807, 2.05) is 17.0 Å². The van der Waals surface area contributed by atoms with Gasteiger partial charge in [0.05, 0.1) is 11.4 Å². The molecule has 8 nitrogen and oxygen atoms in total. The van der Waals surface area contributed by atoms with Gasteiger partial charge in [0.25, 0.3) is 0 Å². The van der Waals surface area contributed by atoms with Gasteiger partial charge in [0.2, 0.25) is 11.9 Å². The number of hydrogen-bond acceptors (Lipinski definition) is 7. The molecular formula is C22H28ClN7O. The number of pyridine rings is 1. The van der Waals surface area contributed by atoms with E-state index in [1.54, 1.807) is 18.5 Å². The average molecular weight is 442 g/mol. The molecule has 2 aromatic rings. The van der Waals surface area contributed by atoms with Crippen LogP contribution in [-0.4, -0.2) is 62.5 Å². The molecule has 0 radical (unpaired) electrons. The Bertz CT molecular complexity index is 920. The maximum Gasteiger partial charge on any atom is 0.225 e. The lowest BCUT2D eigenvalue weighted by molar-refractivity contribution is -0.138. The molecule has 2 fully saturated rings. The lowest BCUT2D eigenvalue weighted by Crippen LogP contribution is -2.46. The third-order valence-electron chi connectivity index (χ3n) is 6.27. The summed E-state index contributed by atoms with van der Waals surface area (Å²) in [5.74, 6) is 0.764. The highest BCUT2D eigenvalue weighted by atomic mass is 35.5.